The van der Waals surface area contributed by atoms with Crippen LogP contribution in [-0.4, -0.2) is 72.1 Å². The van der Waals surface area contributed by atoms with Crippen LogP contribution in [0.25, 0.3) is 5.76 Å². The van der Waals surface area contributed by atoms with Gasteiger partial charge in [-0.3, -0.25) is 14.5 Å². The summed E-state index contributed by atoms with van der Waals surface area (Å²) in [6.07, 6.45) is 0.831. The highest BCUT2D eigenvalue weighted by molar-refractivity contribution is 7.10. The average molecular weight is 455 g/mol. The highest BCUT2D eigenvalue weighted by atomic mass is 32.1. The maximum atomic E-state index is 13.1. The van der Waals surface area contributed by atoms with Crippen LogP contribution in [-0.2, 0) is 20.7 Å². The van der Waals surface area contributed by atoms with Gasteiger partial charge in [-0.15, -0.1) is 11.3 Å². The number of Topliss-reactive ketones (excluding diaryl/α,β-unsaturated/α-hetero) is 1. The Morgan fingerprint density at radius 2 is 2.00 bits per heavy atom. The summed E-state index contributed by atoms with van der Waals surface area (Å²) in [5, 5.41) is 13.1. The normalized spacial score (nSPS) is 25.2. The van der Waals surface area contributed by atoms with Crippen molar-refractivity contribution in [2.45, 2.75) is 25.5 Å². The summed E-state index contributed by atoms with van der Waals surface area (Å²) in [5.41, 5.74) is 1.69. The molecule has 5 rings (SSSR count). The molecule has 168 valence electrons. The molecular formula is C24H26N2O5S. The van der Waals surface area contributed by atoms with Crippen LogP contribution >= 0.6 is 11.3 Å². The maximum Gasteiger partial charge on any atom is 0.295 e. The van der Waals surface area contributed by atoms with E-state index in [0.29, 0.717) is 31.9 Å². The highest BCUT2D eigenvalue weighted by Gasteiger charge is 2.46. The molecule has 2 atom stereocenters. The van der Waals surface area contributed by atoms with Crippen molar-refractivity contribution in [3.05, 3.63) is 57.3 Å². The number of hydrogen-bond acceptors (Lipinski definition) is 7. The number of aliphatic hydroxyl groups excluding tert-OH is 1. The standard InChI is InChI=1S/C24H26N2O5S/c1-15-13-17-14-16(4-5-18(17)31-15)22(27)20-21(19-3-2-12-32-19)26(24(29)23(20)28)7-6-25-8-10-30-11-9-25/h2-5,12,14-15,21,27H,6-11,13H2,1H3/b22-20+. The zero-order valence-electron chi connectivity index (χ0n) is 18.0. The Morgan fingerprint density at radius 1 is 1.19 bits per heavy atom. The molecule has 7 nitrogen and oxygen atoms in total. The van der Waals surface area contributed by atoms with E-state index < -0.39 is 17.7 Å². The van der Waals surface area contributed by atoms with Gasteiger partial charge in [-0.1, -0.05) is 6.07 Å². The lowest BCUT2D eigenvalue weighted by atomic mass is 9.98. The molecule has 2 unspecified atom stereocenters. The molecule has 0 bridgehead atoms. The first kappa shape index (κ1) is 21.2. The molecule has 0 radical (unpaired) electrons. The summed E-state index contributed by atoms with van der Waals surface area (Å²) in [4.78, 5) is 30.8. The Bertz CT molecular complexity index is 1060. The van der Waals surface area contributed by atoms with Gasteiger partial charge in [0.05, 0.1) is 24.8 Å². The number of carbonyl (C=O) groups is 2. The molecule has 1 amide bonds. The SMILES string of the molecule is CC1Cc2cc(/C(O)=C3\C(=O)C(=O)N(CCN4CCOCC4)C3c3cccs3)ccc2O1. The van der Waals surface area contributed by atoms with Crippen molar-refractivity contribution in [3.8, 4) is 5.75 Å². The Labute approximate surface area is 190 Å². The second kappa shape index (κ2) is 8.69. The Morgan fingerprint density at radius 3 is 2.75 bits per heavy atom. The number of benzene rings is 1. The molecule has 1 N–H and O–H groups in total. The van der Waals surface area contributed by atoms with Crippen LogP contribution in [0.5, 0.6) is 5.75 Å². The Hall–Kier alpha value is -2.68. The minimum atomic E-state index is -0.631. The fraction of sp³-hybridized carbons (Fsp3) is 0.417. The molecule has 32 heavy (non-hydrogen) atoms. The van der Waals surface area contributed by atoms with Gasteiger partial charge in [-0.2, -0.15) is 0 Å². The van der Waals surface area contributed by atoms with Crippen molar-refractivity contribution >= 4 is 28.8 Å². The van der Waals surface area contributed by atoms with E-state index in [1.165, 1.54) is 11.3 Å². The number of nitrogens with zero attached hydrogens (tertiary/aromatic N) is 2. The molecule has 3 aliphatic rings. The van der Waals surface area contributed by atoms with Crippen molar-refractivity contribution in [2.75, 3.05) is 39.4 Å². The minimum Gasteiger partial charge on any atom is -0.507 e. The maximum absolute atomic E-state index is 13.1. The Balaban J connectivity index is 1.49. The number of amides is 1. The average Bonchev–Trinajstić information content (AvgIpc) is 3.51. The molecule has 1 aromatic carbocycles. The molecule has 2 aromatic rings. The molecule has 4 heterocycles. The monoisotopic (exact) mass is 454 g/mol. The second-order valence-corrected chi connectivity index (χ2v) is 9.40. The topological polar surface area (TPSA) is 79.3 Å². The largest absolute Gasteiger partial charge is 0.507 e. The van der Waals surface area contributed by atoms with Gasteiger partial charge >= 0.3 is 0 Å². The number of morpholine rings is 1. The second-order valence-electron chi connectivity index (χ2n) is 8.42. The summed E-state index contributed by atoms with van der Waals surface area (Å²) in [6, 6.07) is 8.66. The number of likely N-dealkylation sites (tertiary alicyclic amines) is 1. The van der Waals surface area contributed by atoms with Gasteiger partial charge < -0.3 is 19.5 Å². The number of fused-ring (bicyclic) bond motifs is 1. The van der Waals surface area contributed by atoms with Crippen molar-refractivity contribution in [1.82, 2.24) is 9.80 Å². The fourth-order valence-corrected chi connectivity index (χ4v) is 5.50. The van der Waals surface area contributed by atoms with E-state index in [1.54, 1.807) is 11.0 Å². The molecule has 1 aromatic heterocycles. The van der Waals surface area contributed by atoms with E-state index in [0.717, 1.165) is 35.7 Å². The number of ketones is 1. The van der Waals surface area contributed by atoms with Crippen LogP contribution in [0.4, 0.5) is 0 Å². The van der Waals surface area contributed by atoms with Gasteiger partial charge in [0, 0.05) is 43.0 Å². The van der Waals surface area contributed by atoms with E-state index in [-0.39, 0.29) is 17.4 Å². The van der Waals surface area contributed by atoms with Crippen LogP contribution in [0.15, 0.2) is 41.3 Å². The van der Waals surface area contributed by atoms with E-state index >= 15 is 0 Å². The molecule has 2 saturated heterocycles. The smallest absolute Gasteiger partial charge is 0.295 e. The predicted molar refractivity (Wildman–Crippen MR) is 121 cm³/mol. The lowest BCUT2D eigenvalue weighted by molar-refractivity contribution is -0.140. The molecule has 0 saturated carbocycles. The summed E-state index contributed by atoms with van der Waals surface area (Å²) < 4.78 is 11.2. The van der Waals surface area contributed by atoms with Crippen LogP contribution in [0.3, 0.4) is 0 Å². The number of hydrogen-bond donors (Lipinski definition) is 1. The third kappa shape index (κ3) is 3.83. The summed E-state index contributed by atoms with van der Waals surface area (Å²) in [5.74, 6) is -0.517. The summed E-state index contributed by atoms with van der Waals surface area (Å²) in [6.45, 7) is 6.04. The Kier molecular flexibility index (Phi) is 5.75. The van der Waals surface area contributed by atoms with Gasteiger partial charge in [0.15, 0.2) is 0 Å². The molecule has 0 aliphatic carbocycles. The van der Waals surface area contributed by atoms with Crippen molar-refractivity contribution in [2.24, 2.45) is 0 Å². The minimum absolute atomic E-state index is 0.0827. The third-order valence-electron chi connectivity index (χ3n) is 6.28. The van der Waals surface area contributed by atoms with Crippen molar-refractivity contribution in [3.63, 3.8) is 0 Å². The molecule has 8 heteroatoms. The first-order chi connectivity index (χ1) is 15.5. The summed E-state index contributed by atoms with van der Waals surface area (Å²) >= 11 is 1.48. The molecule has 0 spiro atoms. The van der Waals surface area contributed by atoms with Crippen molar-refractivity contribution in [1.29, 1.82) is 0 Å². The number of ether oxygens (including phenoxy) is 2. The zero-order valence-corrected chi connectivity index (χ0v) is 18.8. The van der Waals surface area contributed by atoms with Gasteiger partial charge in [0.2, 0.25) is 0 Å². The number of thiophene rings is 1. The summed E-state index contributed by atoms with van der Waals surface area (Å²) in [7, 11) is 0. The first-order valence-corrected chi connectivity index (χ1v) is 11.8. The van der Waals surface area contributed by atoms with E-state index in [2.05, 4.69) is 4.90 Å². The lowest BCUT2D eigenvalue weighted by Gasteiger charge is -2.30. The molecular weight excluding hydrogens is 428 g/mol. The van der Waals surface area contributed by atoms with E-state index in [4.69, 9.17) is 9.47 Å². The highest BCUT2D eigenvalue weighted by Crippen LogP contribution is 2.41. The fourth-order valence-electron chi connectivity index (χ4n) is 4.65. The first-order valence-electron chi connectivity index (χ1n) is 10.9. The van der Waals surface area contributed by atoms with Crippen LogP contribution in [0.2, 0.25) is 0 Å². The van der Waals surface area contributed by atoms with Gasteiger partial charge in [-0.25, -0.2) is 0 Å². The third-order valence-corrected chi connectivity index (χ3v) is 7.21. The number of rotatable bonds is 5. The number of carbonyl (C=O) groups excluding carboxylic acids is 2. The molecule has 2 fully saturated rings. The molecule has 3 aliphatic heterocycles. The van der Waals surface area contributed by atoms with Crippen LogP contribution in [0, 0.1) is 0 Å². The quantitative estimate of drug-likeness (QED) is 0.425. The van der Waals surface area contributed by atoms with E-state index in [1.807, 2.05) is 36.6 Å². The van der Waals surface area contributed by atoms with E-state index in [9.17, 15) is 14.7 Å². The zero-order chi connectivity index (χ0) is 22.2. The van der Waals surface area contributed by atoms with Gasteiger partial charge in [-0.05, 0) is 42.1 Å². The number of aliphatic hydroxyl groups is 1. The predicted octanol–water partition coefficient (Wildman–Crippen LogP) is 2.83. The van der Waals surface area contributed by atoms with Crippen molar-refractivity contribution < 1.29 is 24.2 Å². The van der Waals surface area contributed by atoms with Gasteiger partial charge in [0.1, 0.15) is 17.6 Å². The van der Waals surface area contributed by atoms with Crippen LogP contribution < -0.4 is 4.74 Å². The van der Waals surface area contributed by atoms with Gasteiger partial charge in [0.25, 0.3) is 11.7 Å². The lowest BCUT2D eigenvalue weighted by Crippen LogP contribution is -2.42. The van der Waals surface area contributed by atoms with Crippen LogP contribution in [0.1, 0.15) is 29.0 Å².